The Morgan fingerprint density at radius 1 is 0.938 bits per heavy atom. The van der Waals surface area contributed by atoms with E-state index in [0.717, 1.165) is 11.1 Å². The molecular formula is C14H13OY-. The molecule has 79 valence electrons. The molecule has 2 heteroatoms. The molecule has 0 heterocycles. The molecule has 1 radical (unpaired) electrons. The Morgan fingerprint density at radius 2 is 1.44 bits per heavy atom. The standard InChI is InChI=1S/C14H13O.Y/c1-11(15)12-7-9-14(10-8-12)13-5-3-2-4-6-13;/h3-11,15H,1H3;/q-1;/t11-;/m0./s1. The van der Waals surface area contributed by atoms with Gasteiger partial charge in [0.2, 0.25) is 0 Å². The molecule has 0 saturated heterocycles. The molecule has 1 nitrogen and oxygen atoms in total. The second-order valence-electron chi connectivity index (χ2n) is 3.59. The molecule has 0 aliphatic rings. The summed E-state index contributed by atoms with van der Waals surface area (Å²) in [7, 11) is 0. The molecule has 0 spiro atoms. The Bertz CT molecular complexity index is 420. The van der Waals surface area contributed by atoms with Gasteiger partial charge in [0.25, 0.3) is 0 Å². The molecular weight excluding hydrogens is 273 g/mol. The third-order valence-corrected chi connectivity index (χ3v) is 2.44. The first kappa shape index (κ1) is 13.6. The first-order valence-corrected chi connectivity index (χ1v) is 5.02. The van der Waals surface area contributed by atoms with Crippen molar-refractivity contribution in [2.45, 2.75) is 13.0 Å². The maximum absolute atomic E-state index is 9.38. The summed E-state index contributed by atoms with van der Waals surface area (Å²) in [4.78, 5) is 0. The Balaban J connectivity index is 0.00000128. The van der Waals surface area contributed by atoms with Gasteiger partial charge in [-0.15, -0.1) is 5.56 Å². The fraction of sp³-hybridized carbons (Fsp3) is 0.143. The predicted octanol–water partition coefficient (Wildman–Crippen LogP) is 3.20. The molecule has 1 atom stereocenters. The van der Waals surface area contributed by atoms with E-state index in [-0.39, 0.29) is 32.7 Å². The normalized spacial score (nSPS) is 11.6. The van der Waals surface area contributed by atoms with Crippen LogP contribution in [0.25, 0.3) is 11.1 Å². The van der Waals surface area contributed by atoms with Crippen molar-refractivity contribution in [3.8, 4) is 11.1 Å². The minimum Gasteiger partial charge on any atom is -0.389 e. The van der Waals surface area contributed by atoms with E-state index in [1.807, 2.05) is 48.5 Å². The second-order valence-corrected chi connectivity index (χ2v) is 3.59. The fourth-order valence-corrected chi connectivity index (χ4v) is 1.53. The summed E-state index contributed by atoms with van der Waals surface area (Å²) in [5, 5.41) is 9.38. The van der Waals surface area contributed by atoms with Crippen LogP contribution in [-0.2, 0) is 32.7 Å². The largest absolute Gasteiger partial charge is 0.389 e. The van der Waals surface area contributed by atoms with Crippen molar-refractivity contribution < 1.29 is 37.8 Å². The predicted molar refractivity (Wildman–Crippen MR) is 61.3 cm³/mol. The van der Waals surface area contributed by atoms with Gasteiger partial charge < -0.3 is 5.11 Å². The molecule has 2 aromatic carbocycles. The molecule has 0 saturated carbocycles. The molecule has 16 heavy (non-hydrogen) atoms. The molecule has 0 fully saturated rings. The minimum absolute atomic E-state index is 0. The first-order valence-electron chi connectivity index (χ1n) is 5.02. The number of rotatable bonds is 2. The van der Waals surface area contributed by atoms with Crippen LogP contribution in [0.5, 0.6) is 0 Å². The summed E-state index contributed by atoms with van der Waals surface area (Å²) in [6.07, 6.45) is -0.400. The summed E-state index contributed by atoms with van der Waals surface area (Å²) in [6.45, 7) is 1.77. The molecule has 0 aromatic heterocycles. The fourth-order valence-electron chi connectivity index (χ4n) is 1.53. The molecule has 0 aliphatic carbocycles. The summed E-state index contributed by atoms with van der Waals surface area (Å²) < 4.78 is 0. The van der Waals surface area contributed by atoms with Crippen LogP contribution in [0.4, 0.5) is 0 Å². The van der Waals surface area contributed by atoms with Crippen molar-refractivity contribution in [3.63, 3.8) is 0 Å². The van der Waals surface area contributed by atoms with Crippen molar-refractivity contribution in [2.24, 2.45) is 0 Å². The first-order chi connectivity index (χ1) is 7.27. The van der Waals surface area contributed by atoms with Crippen LogP contribution in [0, 0.1) is 6.07 Å². The van der Waals surface area contributed by atoms with Crippen LogP contribution in [-0.4, -0.2) is 5.11 Å². The van der Waals surface area contributed by atoms with Gasteiger partial charge in [-0.3, -0.25) is 0 Å². The van der Waals surface area contributed by atoms with E-state index in [0.29, 0.717) is 0 Å². The average Bonchev–Trinajstić information content (AvgIpc) is 2.30. The molecule has 2 aromatic rings. The molecule has 0 amide bonds. The third-order valence-electron chi connectivity index (χ3n) is 2.44. The average molecular weight is 286 g/mol. The van der Waals surface area contributed by atoms with Gasteiger partial charge in [0.05, 0.1) is 6.10 Å². The summed E-state index contributed by atoms with van der Waals surface area (Å²) in [5.74, 6) is 0. The van der Waals surface area contributed by atoms with Crippen LogP contribution in [0.1, 0.15) is 18.6 Å². The quantitative estimate of drug-likeness (QED) is 0.841. The Labute approximate surface area is 121 Å². The van der Waals surface area contributed by atoms with E-state index >= 15 is 0 Å². The van der Waals surface area contributed by atoms with Crippen LogP contribution >= 0.6 is 0 Å². The van der Waals surface area contributed by atoms with Gasteiger partial charge in [-0.25, -0.2) is 0 Å². The summed E-state index contributed by atoms with van der Waals surface area (Å²) in [5.41, 5.74) is 3.28. The van der Waals surface area contributed by atoms with Gasteiger partial charge in [-0.1, -0.05) is 24.3 Å². The molecule has 1 N–H and O–H groups in total. The van der Waals surface area contributed by atoms with Gasteiger partial charge in [-0.2, -0.15) is 30.3 Å². The molecule has 0 aliphatic heterocycles. The van der Waals surface area contributed by atoms with Crippen molar-refractivity contribution in [2.75, 3.05) is 0 Å². The van der Waals surface area contributed by atoms with E-state index < -0.39 is 6.10 Å². The number of hydrogen-bond donors (Lipinski definition) is 1. The summed E-state index contributed by atoms with van der Waals surface area (Å²) in [6, 6.07) is 18.8. The van der Waals surface area contributed by atoms with E-state index in [9.17, 15) is 5.11 Å². The topological polar surface area (TPSA) is 20.2 Å². The Kier molecular flexibility index (Phi) is 5.34. The number of hydrogen-bond acceptors (Lipinski definition) is 1. The minimum atomic E-state index is -0.400. The van der Waals surface area contributed by atoms with E-state index in [1.54, 1.807) is 6.92 Å². The third kappa shape index (κ3) is 3.25. The number of aliphatic hydroxyl groups is 1. The Hall–Kier alpha value is -0.496. The van der Waals surface area contributed by atoms with Gasteiger partial charge in [-0.05, 0) is 18.1 Å². The number of benzene rings is 2. The van der Waals surface area contributed by atoms with Crippen LogP contribution < -0.4 is 0 Å². The van der Waals surface area contributed by atoms with Crippen molar-refractivity contribution in [1.29, 1.82) is 0 Å². The SMILES string of the molecule is C[C@H](O)c1ccc(-c2cc[c-]cc2)cc1.[Y]. The zero-order valence-corrected chi connectivity index (χ0v) is 12.1. The zero-order chi connectivity index (χ0) is 10.7. The molecule has 0 unspecified atom stereocenters. The Morgan fingerprint density at radius 3 is 1.94 bits per heavy atom. The smallest absolute Gasteiger partial charge is 0.0761 e. The second kappa shape index (κ2) is 6.29. The zero-order valence-electron chi connectivity index (χ0n) is 9.22. The monoisotopic (exact) mass is 286 g/mol. The maximum atomic E-state index is 9.38. The van der Waals surface area contributed by atoms with E-state index in [2.05, 4.69) is 6.07 Å². The van der Waals surface area contributed by atoms with Gasteiger partial charge in [0.1, 0.15) is 0 Å². The van der Waals surface area contributed by atoms with E-state index in [1.165, 1.54) is 5.56 Å². The van der Waals surface area contributed by atoms with Gasteiger partial charge >= 0.3 is 0 Å². The summed E-state index contributed by atoms with van der Waals surface area (Å²) >= 11 is 0. The van der Waals surface area contributed by atoms with Crippen LogP contribution in [0.15, 0.2) is 48.5 Å². The number of aliphatic hydroxyl groups excluding tert-OH is 1. The molecule has 2 rings (SSSR count). The van der Waals surface area contributed by atoms with Crippen molar-refractivity contribution in [1.82, 2.24) is 0 Å². The molecule has 0 bridgehead atoms. The van der Waals surface area contributed by atoms with Crippen LogP contribution in [0.3, 0.4) is 0 Å². The van der Waals surface area contributed by atoms with Gasteiger partial charge in [0.15, 0.2) is 0 Å². The van der Waals surface area contributed by atoms with Gasteiger partial charge in [0, 0.05) is 32.7 Å². The van der Waals surface area contributed by atoms with Crippen molar-refractivity contribution in [3.05, 3.63) is 60.2 Å². The van der Waals surface area contributed by atoms with Crippen LogP contribution in [0.2, 0.25) is 0 Å². The van der Waals surface area contributed by atoms with E-state index in [4.69, 9.17) is 0 Å². The van der Waals surface area contributed by atoms with Crippen molar-refractivity contribution >= 4 is 0 Å². The maximum Gasteiger partial charge on any atom is 0.0761 e.